The summed E-state index contributed by atoms with van der Waals surface area (Å²) < 4.78 is 6.30. The molecule has 1 aromatic heterocycles. The molecule has 0 spiro atoms. The van der Waals surface area contributed by atoms with E-state index in [-0.39, 0.29) is 5.91 Å². The highest BCUT2D eigenvalue weighted by atomic mass is 32.1. The maximum Gasteiger partial charge on any atom is 0.339 e. The quantitative estimate of drug-likeness (QED) is 0.728. The van der Waals surface area contributed by atoms with Gasteiger partial charge in [0.05, 0.1) is 15.8 Å². The topological polar surface area (TPSA) is 68.3 Å². The van der Waals surface area contributed by atoms with Crippen LogP contribution in [0.5, 0.6) is 0 Å². The number of ether oxygens (including phenoxy) is 1. The molecular weight excluding hydrogens is 324 g/mol. The summed E-state index contributed by atoms with van der Waals surface area (Å²) in [5, 5.41) is 3.26. The number of fused-ring (bicyclic) bond motifs is 2. The maximum absolute atomic E-state index is 12.4. The second-order valence-electron chi connectivity index (χ2n) is 5.73. The van der Waals surface area contributed by atoms with Gasteiger partial charge in [0.1, 0.15) is 0 Å². The number of rotatable bonds is 2. The Balaban J connectivity index is 1.54. The van der Waals surface area contributed by atoms with Gasteiger partial charge in [-0.25, -0.2) is 9.78 Å². The predicted molar refractivity (Wildman–Crippen MR) is 92.3 cm³/mol. The third kappa shape index (κ3) is 2.65. The molecule has 0 unspecified atom stereocenters. The van der Waals surface area contributed by atoms with Crippen LogP contribution in [0.4, 0.5) is 5.13 Å². The van der Waals surface area contributed by atoms with Crippen LogP contribution in [0, 0.1) is 6.92 Å². The number of thiazole rings is 1. The van der Waals surface area contributed by atoms with Crippen molar-refractivity contribution < 1.29 is 14.3 Å². The summed E-state index contributed by atoms with van der Waals surface area (Å²) in [7, 11) is 0. The number of amides is 1. The Labute approximate surface area is 142 Å². The molecule has 0 bridgehead atoms. The molecule has 24 heavy (non-hydrogen) atoms. The van der Waals surface area contributed by atoms with E-state index in [1.807, 2.05) is 43.3 Å². The molecule has 6 heteroatoms. The lowest BCUT2D eigenvalue weighted by Gasteiger charge is -2.23. The van der Waals surface area contributed by atoms with Crippen molar-refractivity contribution in [2.24, 2.45) is 0 Å². The van der Waals surface area contributed by atoms with Gasteiger partial charge in [0.2, 0.25) is 0 Å². The highest BCUT2D eigenvalue weighted by Crippen LogP contribution is 2.27. The van der Waals surface area contributed by atoms with Gasteiger partial charge < -0.3 is 4.74 Å². The predicted octanol–water partition coefficient (Wildman–Crippen LogP) is 3.32. The summed E-state index contributed by atoms with van der Waals surface area (Å²) in [6.07, 6.45) is -0.460. The van der Waals surface area contributed by atoms with Gasteiger partial charge in [0, 0.05) is 6.42 Å². The zero-order valence-electron chi connectivity index (χ0n) is 12.9. The molecular formula is C18H14N2O3S. The van der Waals surface area contributed by atoms with Crippen LogP contribution in [0.2, 0.25) is 0 Å². The lowest BCUT2D eigenvalue weighted by atomic mass is 9.96. The van der Waals surface area contributed by atoms with Crippen LogP contribution in [0.3, 0.4) is 0 Å². The number of benzene rings is 2. The van der Waals surface area contributed by atoms with Crippen molar-refractivity contribution in [1.29, 1.82) is 0 Å². The zero-order valence-corrected chi connectivity index (χ0v) is 13.7. The first-order valence-corrected chi connectivity index (χ1v) is 8.39. The standard InChI is InChI=1S/C18H14N2O3S/c1-10-6-7-11-9-14(23-17(22)12(11)8-10)16(21)20-18-19-13-4-2-3-5-15(13)24-18/h2-8,14H,9H2,1H3,(H,19,20,21)/t14-/m0/s1. The van der Waals surface area contributed by atoms with Crippen LogP contribution >= 0.6 is 11.3 Å². The van der Waals surface area contributed by atoms with E-state index >= 15 is 0 Å². The highest BCUT2D eigenvalue weighted by Gasteiger charge is 2.31. The molecule has 1 N–H and O–H groups in total. The number of anilines is 1. The molecule has 0 radical (unpaired) electrons. The zero-order chi connectivity index (χ0) is 16.7. The number of esters is 1. The summed E-state index contributed by atoms with van der Waals surface area (Å²) in [4.78, 5) is 28.9. The first kappa shape index (κ1) is 14.8. The molecule has 0 fully saturated rings. The summed E-state index contributed by atoms with van der Waals surface area (Å²) in [6.45, 7) is 1.92. The Morgan fingerprint density at radius 2 is 2.12 bits per heavy atom. The molecule has 2 heterocycles. The van der Waals surface area contributed by atoms with Crippen molar-refractivity contribution in [1.82, 2.24) is 4.98 Å². The van der Waals surface area contributed by atoms with Gasteiger partial charge in [-0.15, -0.1) is 0 Å². The minimum absolute atomic E-state index is 0.353. The minimum Gasteiger partial charge on any atom is -0.448 e. The van der Waals surface area contributed by atoms with Crippen molar-refractivity contribution in [3.8, 4) is 0 Å². The van der Waals surface area contributed by atoms with Gasteiger partial charge in [-0.1, -0.05) is 41.2 Å². The van der Waals surface area contributed by atoms with E-state index in [2.05, 4.69) is 10.3 Å². The third-order valence-corrected chi connectivity index (χ3v) is 4.91. The highest BCUT2D eigenvalue weighted by molar-refractivity contribution is 7.22. The minimum atomic E-state index is -0.834. The maximum atomic E-state index is 12.4. The van der Waals surface area contributed by atoms with Gasteiger partial charge in [0.25, 0.3) is 5.91 Å². The fourth-order valence-electron chi connectivity index (χ4n) is 2.75. The molecule has 5 nitrogen and oxygen atoms in total. The van der Waals surface area contributed by atoms with Gasteiger partial charge >= 0.3 is 5.97 Å². The number of hydrogen-bond acceptors (Lipinski definition) is 5. The Morgan fingerprint density at radius 1 is 1.29 bits per heavy atom. The monoisotopic (exact) mass is 338 g/mol. The average molecular weight is 338 g/mol. The Kier molecular flexibility index (Phi) is 3.54. The molecule has 0 aliphatic carbocycles. The number of aryl methyl sites for hydroxylation is 1. The van der Waals surface area contributed by atoms with Crippen molar-refractivity contribution in [3.63, 3.8) is 0 Å². The lowest BCUT2D eigenvalue weighted by Crippen LogP contribution is -2.38. The van der Waals surface area contributed by atoms with E-state index in [9.17, 15) is 9.59 Å². The fourth-order valence-corrected chi connectivity index (χ4v) is 3.62. The number of cyclic esters (lactones) is 1. The summed E-state index contributed by atoms with van der Waals surface area (Å²) >= 11 is 1.39. The second kappa shape index (κ2) is 5.72. The lowest BCUT2D eigenvalue weighted by molar-refractivity contribution is -0.125. The van der Waals surface area contributed by atoms with E-state index in [0.29, 0.717) is 17.1 Å². The van der Waals surface area contributed by atoms with E-state index in [4.69, 9.17) is 4.74 Å². The first-order chi connectivity index (χ1) is 11.6. The normalized spacial score (nSPS) is 16.5. The van der Waals surface area contributed by atoms with Crippen molar-refractivity contribution >= 4 is 38.6 Å². The van der Waals surface area contributed by atoms with Crippen LogP contribution < -0.4 is 5.32 Å². The molecule has 1 aliphatic rings. The van der Waals surface area contributed by atoms with Crippen molar-refractivity contribution in [3.05, 3.63) is 59.2 Å². The number of nitrogens with zero attached hydrogens (tertiary/aromatic N) is 1. The summed E-state index contributed by atoms with van der Waals surface area (Å²) in [5.41, 5.74) is 3.20. The van der Waals surface area contributed by atoms with E-state index < -0.39 is 12.1 Å². The third-order valence-electron chi connectivity index (χ3n) is 3.96. The average Bonchev–Trinajstić information content (AvgIpc) is 2.97. The molecule has 2 aromatic carbocycles. The number of aromatic nitrogens is 1. The number of para-hydroxylation sites is 1. The Bertz CT molecular complexity index is 931. The molecule has 1 aliphatic heterocycles. The van der Waals surface area contributed by atoms with E-state index in [1.54, 1.807) is 6.07 Å². The SMILES string of the molecule is Cc1ccc2c(c1)C(=O)O[C@H](C(=O)Nc1nc3ccccc3s1)C2. The fraction of sp³-hybridized carbons (Fsp3) is 0.167. The molecule has 0 saturated heterocycles. The van der Waals surface area contributed by atoms with Gasteiger partial charge in [-0.05, 0) is 30.7 Å². The van der Waals surface area contributed by atoms with Crippen LogP contribution in [0.1, 0.15) is 21.5 Å². The van der Waals surface area contributed by atoms with Crippen LogP contribution in [-0.4, -0.2) is 23.0 Å². The first-order valence-electron chi connectivity index (χ1n) is 7.57. The second-order valence-corrected chi connectivity index (χ2v) is 6.77. The summed E-state index contributed by atoms with van der Waals surface area (Å²) in [5.74, 6) is -0.807. The van der Waals surface area contributed by atoms with Crippen molar-refractivity contribution in [2.45, 2.75) is 19.4 Å². The van der Waals surface area contributed by atoms with Gasteiger partial charge in [0.15, 0.2) is 11.2 Å². The van der Waals surface area contributed by atoms with E-state index in [0.717, 1.165) is 21.3 Å². The number of carbonyl (C=O) groups is 2. The Hall–Kier alpha value is -2.73. The Morgan fingerprint density at radius 3 is 2.96 bits per heavy atom. The van der Waals surface area contributed by atoms with E-state index in [1.165, 1.54) is 11.3 Å². The van der Waals surface area contributed by atoms with Crippen LogP contribution in [-0.2, 0) is 16.0 Å². The molecule has 1 atom stereocenters. The smallest absolute Gasteiger partial charge is 0.339 e. The largest absolute Gasteiger partial charge is 0.448 e. The molecule has 3 aromatic rings. The molecule has 1 amide bonds. The van der Waals surface area contributed by atoms with Crippen LogP contribution in [0.15, 0.2) is 42.5 Å². The summed E-state index contributed by atoms with van der Waals surface area (Å²) in [6, 6.07) is 13.3. The molecule has 0 saturated carbocycles. The van der Waals surface area contributed by atoms with Gasteiger partial charge in [-0.2, -0.15) is 0 Å². The number of nitrogens with one attached hydrogen (secondary N) is 1. The van der Waals surface area contributed by atoms with Gasteiger partial charge in [-0.3, -0.25) is 10.1 Å². The number of hydrogen-bond donors (Lipinski definition) is 1. The van der Waals surface area contributed by atoms with Crippen LogP contribution in [0.25, 0.3) is 10.2 Å². The van der Waals surface area contributed by atoms with Crippen molar-refractivity contribution in [2.75, 3.05) is 5.32 Å². The molecule has 4 rings (SSSR count). The number of carbonyl (C=O) groups excluding carboxylic acids is 2. The molecule has 120 valence electrons.